The van der Waals surface area contributed by atoms with Crippen molar-refractivity contribution < 1.29 is 0 Å². The van der Waals surface area contributed by atoms with Crippen LogP contribution < -0.4 is 5.32 Å². The predicted molar refractivity (Wildman–Crippen MR) is 90.4 cm³/mol. The molecular formula is C17H14IN. The molecule has 0 aliphatic heterocycles. The number of halogens is 1. The topological polar surface area (TPSA) is 12.0 Å². The third-order valence-electron chi connectivity index (χ3n) is 3.22. The van der Waals surface area contributed by atoms with Crippen molar-refractivity contribution in [1.82, 2.24) is 0 Å². The second-order valence-electron chi connectivity index (χ2n) is 4.47. The number of rotatable bonds is 3. The lowest BCUT2D eigenvalue weighted by molar-refractivity contribution is 1.16. The van der Waals surface area contributed by atoms with Gasteiger partial charge >= 0.3 is 0 Å². The highest BCUT2D eigenvalue weighted by atomic mass is 127. The van der Waals surface area contributed by atoms with E-state index >= 15 is 0 Å². The number of nitrogens with one attached hydrogen (secondary N) is 1. The van der Waals surface area contributed by atoms with E-state index in [9.17, 15) is 0 Å². The molecule has 94 valence electrons. The van der Waals surface area contributed by atoms with Gasteiger partial charge in [-0.2, -0.15) is 0 Å². The third kappa shape index (κ3) is 2.73. The molecule has 0 fully saturated rings. The van der Waals surface area contributed by atoms with Crippen molar-refractivity contribution in [3.05, 3.63) is 75.9 Å². The first-order chi connectivity index (χ1) is 9.34. The van der Waals surface area contributed by atoms with E-state index in [1.54, 1.807) is 0 Å². The van der Waals surface area contributed by atoms with Gasteiger partial charge in [0.05, 0.1) is 0 Å². The quantitative estimate of drug-likeness (QED) is 0.645. The Labute approximate surface area is 126 Å². The fraction of sp³-hybridized carbons (Fsp3) is 0.0588. The van der Waals surface area contributed by atoms with E-state index in [0.29, 0.717) is 0 Å². The first-order valence-corrected chi connectivity index (χ1v) is 7.37. The van der Waals surface area contributed by atoms with Crippen LogP contribution in [0.25, 0.3) is 10.8 Å². The van der Waals surface area contributed by atoms with E-state index in [0.717, 1.165) is 6.54 Å². The fourth-order valence-corrected chi connectivity index (χ4v) is 2.82. The zero-order chi connectivity index (χ0) is 13.1. The lowest BCUT2D eigenvalue weighted by Gasteiger charge is -2.10. The molecular weight excluding hydrogens is 345 g/mol. The Bertz CT molecular complexity index is 701. The monoisotopic (exact) mass is 359 g/mol. The summed E-state index contributed by atoms with van der Waals surface area (Å²) in [5.41, 5.74) is 2.52. The molecule has 1 N–H and O–H groups in total. The van der Waals surface area contributed by atoms with Crippen LogP contribution in [0.15, 0.2) is 66.7 Å². The normalized spacial score (nSPS) is 10.6. The number of anilines is 1. The van der Waals surface area contributed by atoms with Gasteiger partial charge in [0, 0.05) is 15.8 Å². The van der Waals surface area contributed by atoms with E-state index in [1.807, 2.05) is 0 Å². The average molecular weight is 359 g/mol. The largest absolute Gasteiger partial charge is 0.380 e. The van der Waals surface area contributed by atoms with Crippen molar-refractivity contribution in [3.63, 3.8) is 0 Å². The molecule has 2 heteroatoms. The van der Waals surface area contributed by atoms with Crippen molar-refractivity contribution in [2.45, 2.75) is 6.54 Å². The Morgan fingerprint density at radius 2 is 1.53 bits per heavy atom. The van der Waals surface area contributed by atoms with Gasteiger partial charge in [-0.3, -0.25) is 0 Å². The van der Waals surface area contributed by atoms with E-state index in [1.165, 1.54) is 25.6 Å². The van der Waals surface area contributed by atoms with E-state index in [4.69, 9.17) is 0 Å². The first kappa shape index (κ1) is 12.5. The SMILES string of the molecule is Ic1ccccc1NCc1cccc2ccccc12. The second-order valence-corrected chi connectivity index (χ2v) is 5.63. The average Bonchev–Trinajstić information content (AvgIpc) is 2.46. The van der Waals surface area contributed by atoms with Crippen LogP contribution >= 0.6 is 22.6 Å². The maximum absolute atomic E-state index is 3.51. The summed E-state index contributed by atoms with van der Waals surface area (Å²) >= 11 is 2.36. The zero-order valence-electron chi connectivity index (χ0n) is 10.4. The summed E-state index contributed by atoms with van der Waals surface area (Å²) in [5.74, 6) is 0. The van der Waals surface area contributed by atoms with Gasteiger partial charge in [-0.05, 0) is 51.1 Å². The van der Waals surface area contributed by atoms with Crippen LogP contribution in [-0.2, 0) is 6.54 Å². The number of hydrogen-bond acceptors (Lipinski definition) is 1. The number of para-hydroxylation sites is 1. The summed E-state index contributed by atoms with van der Waals surface area (Å²) in [6, 6.07) is 23.3. The summed E-state index contributed by atoms with van der Waals surface area (Å²) in [7, 11) is 0. The van der Waals surface area contributed by atoms with Crippen LogP contribution in [0, 0.1) is 3.57 Å². The van der Waals surface area contributed by atoms with Crippen molar-refractivity contribution >= 4 is 39.1 Å². The molecule has 0 saturated heterocycles. The molecule has 0 saturated carbocycles. The Kier molecular flexibility index (Phi) is 3.69. The lowest BCUT2D eigenvalue weighted by atomic mass is 10.0. The minimum Gasteiger partial charge on any atom is -0.380 e. The highest BCUT2D eigenvalue weighted by Gasteiger charge is 2.01. The molecule has 0 bridgehead atoms. The molecule has 19 heavy (non-hydrogen) atoms. The van der Waals surface area contributed by atoms with Crippen LogP contribution in [0.4, 0.5) is 5.69 Å². The minimum atomic E-state index is 0.849. The summed E-state index contributed by atoms with van der Waals surface area (Å²) < 4.78 is 1.25. The van der Waals surface area contributed by atoms with Crippen LogP contribution in [0.1, 0.15) is 5.56 Å². The van der Waals surface area contributed by atoms with Crippen molar-refractivity contribution in [3.8, 4) is 0 Å². The molecule has 0 amide bonds. The molecule has 3 aromatic carbocycles. The van der Waals surface area contributed by atoms with Gasteiger partial charge in [-0.15, -0.1) is 0 Å². The first-order valence-electron chi connectivity index (χ1n) is 6.29. The van der Waals surface area contributed by atoms with E-state index in [2.05, 4.69) is 94.6 Å². The van der Waals surface area contributed by atoms with Crippen LogP contribution in [0.2, 0.25) is 0 Å². The molecule has 3 rings (SSSR count). The number of fused-ring (bicyclic) bond motifs is 1. The Morgan fingerprint density at radius 3 is 2.42 bits per heavy atom. The number of hydrogen-bond donors (Lipinski definition) is 1. The summed E-state index contributed by atoms with van der Waals surface area (Å²) in [5, 5.41) is 6.13. The van der Waals surface area contributed by atoms with Gasteiger partial charge in [-0.1, -0.05) is 54.6 Å². The summed E-state index contributed by atoms with van der Waals surface area (Å²) in [4.78, 5) is 0. The molecule has 0 heterocycles. The second kappa shape index (κ2) is 5.61. The molecule has 0 atom stereocenters. The molecule has 0 unspecified atom stereocenters. The van der Waals surface area contributed by atoms with E-state index in [-0.39, 0.29) is 0 Å². The van der Waals surface area contributed by atoms with Gasteiger partial charge in [0.2, 0.25) is 0 Å². The Balaban J connectivity index is 1.88. The fourth-order valence-electron chi connectivity index (χ4n) is 2.24. The molecule has 0 aromatic heterocycles. The van der Waals surface area contributed by atoms with Gasteiger partial charge in [0.25, 0.3) is 0 Å². The predicted octanol–water partition coefficient (Wildman–Crippen LogP) is 5.06. The van der Waals surface area contributed by atoms with Crippen LogP contribution in [-0.4, -0.2) is 0 Å². The highest BCUT2D eigenvalue weighted by Crippen LogP contribution is 2.21. The van der Waals surface area contributed by atoms with Crippen LogP contribution in [0.3, 0.4) is 0 Å². The molecule has 0 aliphatic carbocycles. The summed E-state index contributed by atoms with van der Waals surface area (Å²) in [6.07, 6.45) is 0. The highest BCUT2D eigenvalue weighted by molar-refractivity contribution is 14.1. The Morgan fingerprint density at radius 1 is 0.789 bits per heavy atom. The standard InChI is InChI=1S/C17H14IN/c18-16-10-3-4-11-17(16)19-12-14-8-5-7-13-6-1-2-9-15(13)14/h1-11,19H,12H2. The maximum atomic E-state index is 3.51. The lowest BCUT2D eigenvalue weighted by Crippen LogP contribution is -2.01. The van der Waals surface area contributed by atoms with E-state index < -0.39 is 0 Å². The van der Waals surface area contributed by atoms with Gasteiger partial charge in [0.15, 0.2) is 0 Å². The van der Waals surface area contributed by atoms with Gasteiger partial charge in [0.1, 0.15) is 0 Å². The van der Waals surface area contributed by atoms with Gasteiger partial charge < -0.3 is 5.32 Å². The maximum Gasteiger partial charge on any atom is 0.0478 e. The minimum absolute atomic E-state index is 0.849. The smallest absolute Gasteiger partial charge is 0.0478 e. The summed E-state index contributed by atoms with van der Waals surface area (Å²) in [6.45, 7) is 0.849. The number of benzene rings is 3. The van der Waals surface area contributed by atoms with Crippen molar-refractivity contribution in [1.29, 1.82) is 0 Å². The molecule has 0 spiro atoms. The zero-order valence-corrected chi connectivity index (χ0v) is 12.6. The van der Waals surface area contributed by atoms with Crippen molar-refractivity contribution in [2.75, 3.05) is 5.32 Å². The molecule has 0 aliphatic rings. The molecule has 3 aromatic rings. The van der Waals surface area contributed by atoms with Crippen molar-refractivity contribution in [2.24, 2.45) is 0 Å². The third-order valence-corrected chi connectivity index (χ3v) is 4.16. The molecule has 0 radical (unpaired) electrons. The van der Waals surface area contributed by atoms with Gasteiger partial charge in [-0.25, -0.2) is 0 Å². The van der Waals surface area contributed by atoms with Crippen LogP contribution in [0.5, 0.6) is 0 Å². The Hall–Kier alpha value is -1.55. The molecule has 1 nitrogen and oxygen atoms in total.